The van der Waals surface area contributed by atoms with Crippen LogP contribution < -0.4 is 5.32 Å². The zero-order chi connectivity index (χ0) is 16.2. The lowest BCUT2D eigenvalue weighted by Crippen LogP contribution is -2.66. The van der Waals surface area contributed by atoms with Gasteiger partial charge in [-0.25, -0.2) is 0 Å². The fourth-order valence-corrected chi connectivity index (χ4v) is 5.27. The highest BCUT2D eigenvalue weighted by molar-refractivity contribution is 5.88. The van der Waals surface area contributed by atoms with E-state index < -0.39 is 11.3 Å². The maximum Gasteiger partial charge on any atom is 0.254 e. The van der Waals surface area contributed by atoms with Gasteiger partial charge in [0.05, 0.1) is 7.11 Å². The molecule has 1 amide bonds. The summed E-state index contributed by atoms with van der Waals surface area (Å²) >= 11 is 0. The highest BCUT2D eigenvalue weighted by Gasteiger charge is 2.63. The molecule has 0 atom stereocenters. The van der Waals surface area contributed by atoms with Crippen molar-refractivity contribution in [1.29, 1.82) is 0 Å². The minimum Gasteiger partial charge on any atom is -0.339 e. The van der Waals surface area contributed by atoms with Crippen LogP contribution in [-0.4, -0.2) is 40.5 Å². The van der Waals surface area contributed by atoms with Gasteiger partial charge in [-0.3, -0.25) is 4.79 Å². The Morgan fingerprint density at radius 3 is 2.09 bits per heavy atom. The smallest absolute Gasteiger partial charge is 0.254 e. The third-order valence-corrected chi connectivity index (χ3v) is 5.53. The van der Waals surface area contributed by atoms with Crippen molar-refractivity contribution >= 4 is 5.91 Å². The fourth-order valence-electron chi connectivity index (χ4n) is 5.27. The molecule has 1 N–H and O–H groups in total. The summed E-state index contributed by atoms with van der Waals surface area (Å²) in [7, 11) is 1.71. The van der Waals surface area contributed by atoms with Crippen molar-refractivity contribution in [2.45, 2.75) is 95.0 Å². The number of piperidine rings is 1. The summed E-state index contributed by atoms with van der Waals surface area (Å²) in [5, 5.41) is 5.24. The van der Waals surface area contributed by atoms with E-state index in [-0.39, 0.29) is 17.0 Å². The number of hydroxylamine groups is 2. The van der Waals surface area contributed by atoms with Gasteiger partial charge >= 0.3 is 0 Å². The van der Waals surface area contributed by atoms with Crippen LogP contribution in [0.4, 0.5) is 0 Å². The zero-order valence-corrected chi connectivity index (χ0v) is 14.6. The maximum atomic E-state index is 12.9. The van der Waals surface area contributed by atoms with Gasteiger partial charge in [0.2, 0.25) is 0 Å². The second kappa shape index (κ2) is 4.92. The highest BCUT2D eigenvalue weighted by atomic mass is 16.7. The van der Waals surface area contributed by atoms with Crippen LogP contribution in [0.25, 0.3) is 0 Å². The molecule has 3 aliphatic rings. The largest absolute Gasteiger partial charge is 0.339 e. The van der Waals surface area contributed by atoms with Crippen LogP contribution in [-0.2, 0) is 14.4 Å². The Kier molecular flexibility index (Phi) is 3.63. The van der Waals surface area contributed by atoms with Gasteiger partial charge in [-0.2, -0.15) is 5.06 Å². The monoisotopic (exact) mass is 310 g/mol. The first-order valence-corrected chi connectivity index (χ1v) is 8.52. The van der Waals surface area contributed by atoms with E-state index in [1.807, 2.05) is 5.06 Å². The summed E-state index contributed by atoms with van der Waals surface area (Å²) in [6, 6.07) is 0. The molecule has 5 heteroatoms. The SMILES string of the molecule is CON1C(C)(C)CC2(CC1(C)C)OC1(CCCCC1)NC2=O. The average Bonchev–Trinajstić information content (AvgIpc) is 2.59. The van der Waals surface area contributed by atoms with Gasteiger partial charge in [-0.05, 0) is 53.4 Å². The van der Waals surface area contributed by atoms with Gasteiger partial charge in [-0.15, -0.1) is 0 Å². The topological polar surface area (TPSA) is 50.8 Å². The lowest BCUT2D eigenvalue weighted by atomic mass is 9.72. The molecule has 126 valence electrons. The summed E-state index contributed by atoms with van der Waals surface area (Å²) in [5.74, 6) is 0.0753. The van der Waals surface area contributed by atoms with E-state index in [4.69, 9.17) is 9.57 Å². The first kappa shape index (κ1) is 16.2. The average molecular weight is 310 g/mol. The predicted octanol–water partition coefficient (Wildman–Crippen LogP) is 2.75. The number of ether oxygens (including phenoxy) is 1. The number of rotatable bonds is 1. The minimum absolute atomic E-state index is 0.0753. The summed E-state index contributed by atoms with van der Waals surface area (Å²) in [4.78, 5) is 18.5. The number of amides is 1. The van der Waals surface area contributed by atoms with Crippen molar-refractivity contribution in [3.05, 3.63) is 0 Å². The molecule has 0 bridgehead atoms. The highest BCUT2D eigenvalue weighted by Crippen LogP contribution is 2.50. The first-order chi connectivity index (χ1) is 10.1. The van der Waals surface area contributed by atoms with Crippen molar-refractivity contribution < 1.29 is 14.4 Å². The molecular weight excluding hydrogens is 280 g/mol. The van der Waals surface area contributed by atoms with Gasteiger partial charge in [-0.1, -0.05) is 6.42 Å². The van der Waals surface area contributed by atoms with Gasteiger partial charge in [0.1, 0.15) is 5.72 Å². The molecule has 22 heavy (non-hydrogen) atoms. The normalized spacial score (nSPS) is 32.3. The molecule has 3 fully saturated rings. The van der Waals surface area contributed by atoms with Crippen LogP contribution >= 0.6 is 0 Å². The molecule has 0 aromatic heterocycles. The van der Waals surface area contributed by atoms with Crippen molar-refractivity contribution in [2.24, 2.45) is 0 Å². The van der Waals surface area contributed by atoms with Crippen LogP contribution in [0.1, 0.15) is 72.6 Å². The summed E-state index contributed by atoms with van der Waals surface area (Å²) in [5.41, 5.74) is -1.65. The summed E-state index contributed by atoms with van der Waals surface area (Å²) in [6.07, 6.45) is 6.70. The molecule has 2 spiro atoms. The summed E-state index contributed by atoms with van der Waals surface area (Å²) in [6.45, 7) is 8.51. The Morgan fingerprint density at radius 2 is 1.59 bits per heavy atom. The van der Waals surface area contributed by atoms with Crippen molar-refractivity contribution in [1.82, 2.24) is 10.4 Å². The van der Waals surface area contributed by atoms with Crippen LogP contribution in [0.5, 0.6) is 0 Å². The number of nitrogens with one attached hydrogen (secondary N) is 1. The molecule has 1 aliphatic carbocycles. The standard InChI is InChI=1S/C17H30N2O3/c1-14(2)11-16(12-15(3,4)19(14)21-5)13(20)18-17(22-16)9-7-6-8-10-17/h6-12H2,1-5H3,(H,18,20). The minimum atomic E-state index is -0.723. The molecule has 0 unspecified atom stereocenters. The Bertz CT molecular complexity index is 449. The fraction of sp³-hybridized carbons (Fsp3) is 0.941. The molecule has 5 nitrogen and oxygen atoms in total. The van der Waals surface area contributed by atoms with Gasteiger partial charge in [0.15, 0.2) is 5.60 Å². The maximum absolute atomic E-state index is 12.9. The van der Waals surface area contributed by atoms with Crippen molar-refractivity contribution in [3.63, 3.8) is 0 Å². The van der Waals surface area contributed by atoms with E-state index in [0.717, 1.165) is 25.7 Å². The van der Waals surface area contributed by atoms with Crippen LogP contribution in [0.15, 0.2) is 0 Å². The quantitative estimate of drug-likeness (QED) is 0.809. The van der Waals surface area contributed by atoms with Crippen LogP contribution in [0, 0.1) is 0 Å². The van der Waals surface area contributed by atoms with Crippen molar-refractivity contribution in [3.8, 4) is 0 Å². The van der Waals surface area contributed by atoms with Gasteiger partial charge < -0.3 is 14.9 Å². The van der Waals surface area contributed by atoms with E-state index in [2.05, 4.69) is 33.0 Å². The molecule has 2 heterocycles. The van der Waals surface area contributed by atoms with E-state index in [1.54, 1.807) is 7.11 Å². The number of hydrogen-bond acceptors (Lipinski definition) is 4. The zero-order valence-electron chi connectivity index (χ0n) is 14.6. The Balaban J connectivity index is 1.92. The number of hydrogen-bond donors (Lipinski definition) is 1. The molecule has 0 aromatic rings. The van der Waals surface area contributed by atoms with Crippen molar-refractivity contribution in [2.75, 3.05) is 7.11 Å². The third-order valence-electron chi connectivity index (χ3n) is 5.53. The van der Waals surface area contributed by atoms with Crippen LogP contribution in [0.2, 0.25) is 0 Å². The predicted molar refractivity (Wildman–Crippen MR) is 84.0 cm³/mol. The second-order valence-electron chi connectivity index (χ2n) is 8.56. The van der Waals surface area contributed by atoms with E-state index in [9.17, 15) is 4.79 Å². The summed E-state index contributed by atoms with van der Waals surface area (Å²) < 4.78 is 6.55. The van der Waals surface area contributed by atoms with E-state index in [1.165, 1.54) is 6.42 Å². The number of nitrogens with zero attached hydrogens (tertiary/aromatic N) is 1. The molecule has 2 saturated heterocycles. The number of carbonyl (C=O) groups is 1. The third kappa shape index (κ3) is 2.38. The molecule has 3 rings (SSSR count). The lowest BCUT2D eigenvalue weighted by molar-refractivity contribution is -0.297. The lowest BCUT2D eigenvalue weighted by Gasteiger charge is -2.55. The number of carbonyl (C=O) groups excluding carboxylic acids is 1. The van der Waals surface area contributed by atoms with Gasteiger partial charge in [0, 0.05) is 23.9 Å². The Hall–Kier alpha value is -0.650. The molecule has 0 radical (unpaired) electrons. The Labute approximate surface area is 133 Å². The van der Waals surface area contributed by atoms with Gasteiger partial charge in [0.25, 0.3) is 5.91 Å². The second-order valence-corrected chi connectivity index (χ2v) is 8.56. The molecular formula is C17H30N2O3. The molecule has 1 saturated carbocycles. The van der Waals surface area contributed by atoms with E-state index in [0.29, 0.717) is 12.8 Å². The first-order valence-electron chi connectivity index (χ1n) is 8.52. The molecule has 0 aromatic carbocycles. The molecule has 2 aliphatic heterocycles. The van der Waals surface area contributed by atoms with Crippen LogP contribution in [0.3, 0.4) is 0 Å². The van der Waals surface area contributed by atoms with E-state index >= 15 is 0 Å². The Morgan fingerprint density at radius 1 is 1.05 bits per heavy atom.